The first-order valence-corrected chi connectivity index (χ1v) is 16.4. The van der Waals surface area contributed by atoms with Crippen molar-refractivity contribution in [3.8, 4) is 22.6 Å². The van der Waals surface area contributed by atoms with Crippen molar-refractivity contribution in [2.24, 2.45) is 0 Å². The number of likely N-dealkylation sites (tertiary alicyclic amines) is 1. The number of fused-ring (bicyclic) bond motifs is 1. The number of amides is 4. The molecule has 256 valence electrons. The zero-order valence-corrected chi connectivity index (χ0v) is 28.3. The van der Waals surface area contributed by atoms with Gasteiger partial charge in [0.05, 0.1) is 30.8 Å². The first-order chi connectivity index (χ1) is 23.1. The number of hydrogen-bond donors (Lipinski definition) is 2. The Morgan fingerprint density at radius 1 is 1.04 bits per heavy atom. The van der Waals surface area contributed by atoms with Gasteiger partial charge in [0.15, 0.2) is 0 Å². The van der Waals surface area contributed by atoms with Crippen LogP contribution in [0.5, 0.6) is 11.5 Å². The van der Waals surface area contributed by atoms with E-state index in [1.165, 1.54) is 17.9 Å². The highest BCUT2D eigenvalue weighted by molar-refractivity contribution is 6.34. The predicted molar refractivity (Wildman–Crippen MR) is 182 cm³/mol. The molecule has 3 heterocycles. The van der Waals surface area contributed by atoms with E-state index in [1.54, 1.807) is 44.1 Å². The van der Waals surface area contributed by atoms with E-state index in [0.717, 1.165) is 21.6 Å². The van der Waals surface area contributed by atoms with Crippen molar-refractivity contribution in [3.63, 3.8) is 0 Å². The highest BCUT2D eigenvalue weighted by atomic mass is 35.5. The Kier molecular flexibility index (Phi) is 10.8. The number of benzene rings is 2. The number of urea groups is 1. The number of hydrogen-bond acceptors (Lipinski definition) is 7. The second-order valence-corrected chi connectivity index (χ2v) is 12.3. The topological polar surface area (TPSA) is 144 Å². The van der Waals surface area contributed by atoms with Crippen LogP contribution in [0.2, 0.25) is 5.02 Å². The third-order valence-electron chi connectivity index (χ3n) is 9.02. The maximum absolute atomic E-state index is 13.8. The Balaban J connectivity index is 1.35. The smallest absolute Gasteiger partial charge is 0.331 e. The van der Waals surface area contributed by atoms with Gasteiger partial charge in [-0.2, -0.15) is 0 Å². The molecular formula is C34H41ClN6O7. The fourth-order valence-electron chi connectivity index (χ4n) is 6.24. The second-order valence-electron chi connectivity index (χ2n) is 12.0. The van der Waals surface area contributed by atoms with Gasteiger partial charge in [-0.3, -0.25) is 23.5 Å². The molecule has 5 rings (SSSR count). The highest BCUT2D eigenvalue weighted by Gasteiger charge is 2.32. The summed E-state index contributed by atoms with van der Waals surface area (Å²) in [5, 5.41) is 5.92. The summed E-state index contributed by atoms with van der Waals surface area (Å²) in [6.07, 6.45) is 3.43. The van der Waals surface area contributed by atoms with E-state index in [9.17, 15) is 24.0 Å². The lowest BCUT2D eigenvalue weighted by Crippen LogP contribution is -2.51. The Bertz CT molecular complexity index is 1810. The standard InChI is InChI=1S/C34H41ClN6O7/c1-5-29(42)36-18-21(2)41-32(44)26(25-7-6-8-28(48-4)31(25)35)19-39(34(41)46)20-30(43)38-14-12-23(13-15-38)40-16-11-22-17-24(47-3)9-10-27(22)37-33(40)45/h6-10,17,19,21,23H,5,11-16,18,20H2,1-4H3,(H,36,42)(H,37,45)/t21-/m0/s1. The van der Waals surface area contributed by atoms with Crippen molar-refractivity contribution < 1.29 is 23.9 Å². The van der Waals surface area contributed by atoms with Gasteiger partial charge in [0.1, 0.15) is 18.0 Å². The number of anilines is 1. The maximum atomic E-state index is 13.8. The van der Waals surface area contributed by atoms with Gasteiger partial charge >= 0.3 is 11.7 Å². The third-order valence-corrected chi connectivity index (χ3v) is 9.41. The van der Waals surface area contributed by atoms with Crippen LogP contribution in [-0.2, 0) is 22.6 Å². The maximum Gasteiger partial charge on any atom is 0.331 e. The summed E-state index contributed by atoms with van der Waals surface area (Å²) in [5.74, 6) is 0.564. The van der Waals surface area contributed by atoms with E-state index >= 15 is 0 Å². The third kappa shape index (κ3) is 7.20. The molecule has 3 aromatic rings. The molecule has 2 aromatic carbocycles. The lowest BCUT2D eigenvalue weighted by Gasteiger charge is -2.38. The number of halogens is 1. The van der Waals surface area contributed by atoms with Crippen molar-refractivity contribution in [2.75, 3.05) is 45.7 Å². The number of aromatic nitrogens is 2. The molecule has 0 radical (unpaired) electrons. The molecule has 0 bridgehead atoms. The van der Waals surface area contributed by atoms with Crippen molar-refractivity contribution in [2.45, 2.75) is 58.2 Å². The molecule has 0 spiro atoms. The Morgan fingerprint density at radius 2 is 1.79 bits per heavy atom. The summed E-state index contributed by atoms with van der Waals surface area (Å²) < 4.78 is 12.9. The Morgan fingerprint density at radius 3 is 2.48 bits per heavy atom. The number of ether oxygens (including phenoxy) is 2. The first kappa shape index (κ1) is 34.6. The predicted octanol–water partition coefficient (Wildman–Crippen LogP) is 3.52. The largest absolute Gasteiger partial charge is 0.497 e. The van der Waals surface area contributed by atoms with Gasteiger partial charge < -0.3 is 29.9 Å². The van der Waals surface area contributed by atoms with Crippen LogP contribution in [0.25, 0.3) is 11.1 Å². The average Bonchev–Trinajstić information content (AvgIpc) is 3.26. The van der Waals surface area contributed by atoms with Gasteiger partial charge in [0.2, 0.25) is 11.8 Å². The molecule has 0 aliphatic carbocycles. The van der Waals surface area contributed by atoms with Crippen LogP contribution in [0.15, 0.2) is 52.2 Å². The summed E-state index contributed by atoms with van der Waals surface area (Å²) in [6, 6.07) is 9.62. The van der Waals surface area contributed by atoms with Gasteiger partial charge in [-0.25, -0.2) is 9.59 Å². The van der Waals surface area contributed by atoms with Gasteiger partial charge in [-0.05, 0) is 56.0 Å². The van der Waals surface area contributed by atoms with Crippen LogP contribution in [0.4, 0.5) is 10.5 Å². The van der Waals surface area contributed by atoms with Crippen LogP contribution in [0.1, 0.15) is 44.7 Å². The van der Waals surface area contributed by atoms with E-state index in [-0.39, 0.29) is 54.0 Å². The molecular weight excluding hydrogens is 640 g/mol. The number of piperidine rings is 1. The van der Waals surface area contributed by atoms with Gasteiger partial charge in [0.25, 0.3) is 5.56 Å². The zero-order chi connectivity index (χ0) is 34.5. The Hall–Kier alpha value is -4.78. The summed E-state index contributed by atoms with van der Waals surface area (Å²) in [7, 11) is 3.07. The van der Waals surface area contributed by atoms with E-state index in [1.807, 2.05) is 23.1 Å². The molecule has 1 saturated heterocycles. The van der Waals surface area contributed by atoms with Crippen LogP contribution in [0, 0.1) is 0 Å². The van der Waals surface area contributed by atoms with Gasteiger partial charge in [0, 0.05) is 56.1 Å². The first-order valence-electron chi connectivity index (χ1n) is 16.0. The van der Waals surface area contributed by atoms with Crippen LogP contribution in [-0.4, -0.2) is 83.2 Å². The second kappa shape index (κ2) is 15.0. The molecule has 2 N–H and O–H groups in total. The van der Waals surface area contributed by atoms with Crippen molar-refractivity contribution >= 4 is 35.1 Å². The van der Waals surface area contributed by atoms with Gasteiger partial charge in [-0.1, -0.05) is 30.7 Å². The number of nitrogens with zero attached hydrogens (tertiary/aromatic N) is 4. The fraction of sp³-hybridized carbons (Fsp3) is 0.441. The average molecular weight is 681 g/mol. The van der Waals surface area contributed by atoms with E-state index in [2.05, 4.69) is 10.6 Å². The lowest BCUT2D eigenvalue weighted by molar-refractivity contribution is -0.133. The van der Waals surface area contributed by atoms with Crippen molar-refractivity contribution in [3.05, 3.63) is 74.0 Å². The lowest BCUT2D eigenvalue weighted by atomic mass is 10.0. The molecule has 1 atom stereocenters. The minimum Gasteiger partial charge on any atom is -0.497 e. The number of methoxy groups -OCH3 is 2. The van der Waals surface area contributed by atoms with Crippen LogP contribution < -0.4 is 31.4 Å². The SMILES string of the molecule is CCC(=O)NC[C@H](C)n1c(=O)c(-c2cccc(OC)c2Cl)cn(CC(=O)N2CCC(N3CCc4cc(OC)ccc4NC3=O)CC2)c1=O. The molecule has 4 amide bonds. The number of carbonyl (C=O) groups excluding carboxylic acids is 3. The molecule has 14 heteroatoms. The Labute approximate surface area is 283 Å². The quantitative estimate of drug-likeness (QED) is 0.334. The van der Waals surface area contributed by atoms with Gasteiger partial charge in [-0.15, -0.1) is 0 Å². The summed E-state index contributed by atoms with van der Waals surface area (Å²) >= 11 is 6.60. The molecule has 0 saturated carbocycles. The molecule has 2 aliphatic heterocycles. The van der Waals surface area contributed by atoms with E-state index < -0.39 is 17.3 Å². The van der Waals surface area contributed by atoms with Crippen molar-refractivity contribution in [1.29, 1.82) is 0 Å². The van der Waals surface area contributed by atoms with E-state index in [4.69, 9.17) is 21.1 Å². The molecule has 0 unspecified atom stereocenters. The number of nitrogens with one attached hydrogen (secondary N) is 2. The zero-order valence-electron chi connectivity index (χ0n) is 27.6. The molecule has 48 heavy (non-hydrogen) atoms. The van der Waals surface area contributed by atoms with Crippen LogP contribution >= 0.6 is 11.6 Å². The number of rotatable bonds is 10. The summed E-state index contributed by atoms with van der Waals surface area (Å²) in [4.78, 5) is 69.8. The summed E-state index contributed by atoms with van der Waals surface area (Å²) in [6.45, 7) is 4.43. The number of carbonyl (C=O) groups is 3. The molecule has 2 aliphatic rings. The minimum absolute atomic E-state index is 0.0429. The fourth-order valence-corrected chi connectivity index (χ4v) is 6.54. The van der Waals surface area contributed by atoms with Crippen LogP contribution in [0.3, 0.4) is 0 Å². The highest BCUT2D eigenvalue weighted by Crippen LogP contribution is 2.34. The van der Waals surface area contributed by atoms with E-state index in [0.29, 0.717) is 50.2 Å². The van der Waals surface area contributed by atoms with Crippen molar-refractivity contribution in [1.82, 2.24) is 24.3 Å². The monoisotopic (exact) mass is 680 g/mol. The summed E-state index contributed by atoms with van der Waals surface area (Å²) in [5.41, 5.74) is 0.943. The minimum atomic E-state index is -0.714. The molecule has 1 aromatic heterocycles. The normalized spacial score (nSPS) is 15.6. The molecule has 13 nitrogen and oxygen atoms in total. The molecule has 1 fully saturated rings.